The summed E-state index contributed by atoms with van der Waals surface area (Å²) in [5.41, 5.74) is 2.04. The second-order valence-corrected chi connectivity index (χ2v) is 8.19. The molecule has 0 bridgehead atoms. The summed E-state index contributed by atoms with van der Waals surface area (Å²) in [4.78, 5) is 7.43. The van der Waals surface area contributed by atoms with E-state index in [1.165, 1.54) is 7.11 Å². The van der Waals surface area contributed by atoms with Gasteiger partial charge in [0.25, 0.3) is 0 Å². The maximum atomic E-state index is 12.7. The predicted molar refractivity (Wildman–Crippen MR) is 115 cm³/mol. The summed E-state index contributed by atoms with van der Waals surface area (Å²) in [5, 5.41) is 0.610. The fourth-order valence-electron chi connectivity index (χ4n) is 3.02. The van der Waals surface area contributed by atoms with E-state index in [0.717, 1.165) is 17.3 Å². The van der Waals surface area contributed by atoms with Crippen molar-refractivity contribution in [3.05, 3.63) is 52.5 Å². The van der Waals surface area contributed by atoms with E-state index in [-0.39, 0.29) is 0 Å². The largest absolute Gasteiger partial charge is 0.494 e. The minimum Gasteiger partial charge on any atom is -0.494 e. The number of nitrogens with zero attached hydrogens (tertiary/aromatic N) is 2. The molecule has 0 aliphatic carbocycles. The quantitative estimate of drug-likeness (QED) is 0.326. The highest BCUT2D eigenvalue weighted by molar-refractivity contribution is 7.99. The first kappa shape index (κ1) is 22.8. The van der Waals surface area contributed by atoms with Gasteiger partial charge in [-0.05, 0) is 48.9 Å². The topological polar surface area (TPSA) is 34.1 Å². The van der Waals surface area contributed by atoms with Crippen molar-refractivity contribution in [1.82, 2.24) is 4.90 Å². The Labute approximate surface area is 183 Å². The fraction of sp³-hybridized carbons (Fsp3) is 0.381. The van der Waals surface area contributed by atoms with Crippen LogP contribution >= 0.6 is 23.4 Å². The molecule has 2 aromatic rings. The van der Waals surface area contributed by atoms with Gasteiger partial charge in [0.05, 0.1) is 26.1 Å². The number of aryl methyl sites for hydroxylation is 1. The first-order chi connectivity index (χ1) is 14.3. The Kier molecular flexibility index (Phi) is 7.55. The summed E-state index contributed by atoms with van der Waals surface area (Å²) in [6.45, 7) is 4.22. The number of hydrogen-bond acceptors (Lipinski definition) is 4. The van der Waals surface area contributed by atoms with Gasteiger partial charge in [-0.25, -0.2) is 4.99 Å². The highest BCUT2D eigenvalue weighted by Crippen LogP contribution is 2.38. The molecule has 0 radical (unpaired) electrons. The number of alkyl halides is 3. The molecule has 3 rings (SSSR count). The summed E-state index contributed by atoms with van der Waals surface area (Å²) >= 11 is 6.78. The van der Waals surface area contributed by atoms with Crippen molar-refractivity contribution in [2.24, 2.45) is 4.99 Å². The third-order valence-electron chi connectivity index (χ3n) is 4.51. The Balaban J connectivity index is 2.04. The van der Waals surface area contributed by atoms with Crippen molar-refractivity contribution in [3.8, 4) is 5.75 Å². The van der Waals surface area contributed by atoms with Crippen LogP contribution in [0.2, 0.25) is 5.02 Å². The van der Waals surface area contributed by atoms with Crippen LogP contribution in [0.25, 0.3) is 0 Å². The molecule has 0 saturated carbocycles. The van der Waals surface area contributed by atoms with E-state index in [9.17, 15) is 13.2 Å². The summed E-state index contributed by atoms with van der Waals surface area (Å²) in [7, 11) is 1.52. The summed E-state index contributed by atoms with van der Waals surface area (Å²) in [6, 6.07) is 10.7. The van der Waals surface area contributed by atoms with Crippen LogP contribution in [0.5, 0.6) is 5.75 Å². The molecule has 0 aromatic heterocycles. The normalized spacial score (nSPS) is 15.4. The zero-order valence-electron chi connectivity index (χ0n) is 16.6. The number of halogens is 4. The summed E-state index contributed by atoms with van der Waals surface area (Å²) in [6.07, 6.45) is -4.25. The first-order valence-corrected chi connectivity index (χ1v) is 10.7. The van der Waals surface area contributed by atoms with E-state index in [0.29, 0.717) is 59.1 Å². The maximum absolute atomic E-state index is 12.7. The lowest BCUT2D eigenvalue weighted by molar-refractivity contribution is -0.105. The standard InChI is InChI=1S/C21H22ClF3N2O2S/c1-14-11-18(28-2)17(12-19(14)30-13-21(23,24)25)26-20(27-7-9-29-10-8-27)15-3-5-16(22)6-4-15/h3-6,11-12H,7-10,13H2,1-2H3. The van der Waals surface area contributed by atoms with Crippen LogP contribution in [0.1, 0.15) is 11.1 Å². The van der Waals surface area contributed by atoms with E-state index in [1.807, 2.05) is 12.1 Å². The average Bonchev–Trinajstić information content (AvgIpc) is 2.72. The van der Waals surface area contributed by atoms with Crippen LogP contribution in [0.3, 0.4) is 0 Å². The molecule has 1 aliphatic heterocycles. The number of ether oxygens (including phenoxy) is 2. The second kappa shape index (κ2) is 9.94. The minimum absolute atomic E-state index is 0.476. The molecule has 1 heterocycles. The van der Waals surface area contributed by atoms with E-state index < -0.39 is 11.9 Å². The molecule has 0 atom stereocenters. The van der Waals surface area contributed by atoms with Crippen LogP contribution < -0.4 is 4.74 Å². The number of benzene rings is 2. The van der Waals surface area contributed by atoms with Gasteiger partial charge < -0.3 is 14.4 Å². The molecule has 0 N–H and O–H groups in total. The van der Waals surface area contributed by atoms with Gasteiger partial charge in [0.15, 0.2) is 0 Å². The molecule has 162 valence electrons. The lowest BCUT2D eigenvalue weighted by atomic mass is 10.1. The number of rotatable bonds is 5. The van der Waals surface area contributed by atoms with Gasteiger partial charge in [-0.3, -0.25) is 0 Å². The average molecular weight is 459 g/mol. The lowest BCUT2D eigenvalue weighted by Gasteiger charge is -2.30. The molecule has 9 heteroatoms. The Morgan fingerprint density at radius 1 is 1.20 bits per heavy atom. The highest BCUT2D eigenvalue weighted by atomic mass is 35.5. The van der Waals surface area contributed by atoms with Crippen LogP contribution in [-0.2, 0) is 4.74 Å². The Morgan fingerprint density at radius 3 is 2.47 bits per heavy atom. The number of methoxy groups -OCH3 is 1. The molecule has 0 spiro atoms. The first-order valence-electron chi connectivity index (χ1n) is 9.32. The molecule has 1 aliphatic rings. The van der Waals surface area contributed by atoms with E-state index in [4.69, 9.17) is 26.1 Å². The van der Waals surface area contributed by atoms with Crippen molar-refractivity contribution in [3.63, 3.8) is 0 Å². The minimum atomic E-state index is -4.25. The summed E-state index contributed by atoms with van der Waals surface area (Å²) in [5.74, 6) is 0.240. The van der Waals surface area contributed by atoms with Gasteiger partial charge >= 0.3 is 6.18 Å². The SMILES string of the molecule is COc1cc(C)c(SCC(F)(F)F)cc1N=C(c1ccc(Cl)cc1)N1CCOCC1. The highest BCUT2D eigenvalue weighted by Gasteiger charge is 2.28. The zero-order chi connectivity index (χ0) is 21.7. The number of hydrogen-bond donors (Lipinski definition) is 0. The molecule has 1 saturated heterocycles. The van der Waals surface area contributed by atoms with Gasteiger partial charge in [-0.15, -0.1) is 11.8 Å². The fourth-order valence-corrected chi connectivity index (χ4v) is 3.95. The van der Waals surface area contributed by atoms with E-state index >= 15 is 0 Å². The molecule has 1 fully saturated rings. The van der Waals surface area contributed by atoms with Gasteiger partial charge in [0.2, 0.25) is 0 Å². The lowest BCUT2D eigenvalue weighted by Crippen LogP contribution is -2.41. The monoisotopic (exact) mass is 458 g/mol. The second-order valence-electron chi connectivity index (χ2n) is 6.74. The molecule has 2 aromatic carbocycles. The zero-order valence-corrected chi connectivity index (χ0v) is 18.2. The van der Waals surface area contributed by atoms with Crippen molar-refractivity contribution >= 4 is 34.9 Å². The Hall–Kier alpha value is -1.90. The van der Waals surface area contributed by atoms with Crippen molar-refractivity contribution in [1.29, 1.82) is 0 Å². The molecule has 30 heavy (non-hydrogen) atoms. The number of aliphatic imine (C=N–C) groups is 1. The summed E-state index contributed by atoms with van der Waals surface area (Å²) < 4.78 is 49.1. The molecule has 4 nitrogen and oxygen atoms in total. The number of thioether (sulfide) groups is 1. The molecule has 0 amide bonds. The van der Waals surface area contributed by atoms with Crippen LogP contribution in [-0.4, -0.2) is 56.1 Å². The van der Waals surface area contributed by atoms with Gasteiger partial charge in [-0.1, -0.05) is 11.6 Å². The van der Waals surface area contributed by atoms with Crippen molar-refractivity contribution in [2.75, 3.05) is 39.2 Å². The third kappa shape index (κ3) is 6.06. The van der Waals surface area contributed by atoms with Crippen molar-refractivity contribution < 1.29 is 22.6 Å². The van der Waals surface area contributed by atoms with Crippen LogP contribution in [0, 0.1) is 6.92 Å². The van der Waals surface area contributed by atoms with Gasteiger partial charge in [0.1, 0.15) is 17.3 Å². The molecule has 0 unspecified atom stereocenters. The number of morpholine rings is 1. The number of amidine groups is 1. The van der Waals surface area contributed by atoms with E-state index in [2.05, 4.69) is 4.90 Å². The molecular weight excluding hydrogens is 437 g/mol. The van der Waals surface area contributed by atoms with Gasteiger partial charge in [-0.2, -0.15) is 13.2 Å². The van der Waals surface area contributed by atoms with Gasteiger partial charge in [0, 0.05) is 28.6 Å². The van der Waals surface area contributed by atoms with Crippen LogP contribution in [0.15, 0.2) is 46.3 Å². The Bertz CT molecular complexity index is 898. The third-order valence-corrected chi connectivity index (χ3v) is 5.98. The predicted octanol–water partition coefficient (Wildman–Crippen LogP) is 5.72. The van der Waals surface area contributed by atoms with Crippen molar-refractivity contribution in [2.45, 2.75) is 18.0 Å². The van der Waals surface area contributed by atoms with Crippen LogP contribution in [0.4, 0.5) is 18.9 Å². The Morgan fingerprint density at radius 2 is 1.87 bits per heavy atom. The van der Waals surface area contributed by atoms with E-state index in [1.54, 1.807) is 31.2 Å². The maximum Gasteiger partial charge on any atom is 0.398 e. The smallest absolute Gasteiger partial charge is 0.398 e. The molecular formula is C21H22ClF3N2O2S.